The van der Waals surface area contributed by atoms with Crippen molar-refractivity contribution in [3.8, 4) is 0 Å². The fourth-order valence-electron chi connectivity index (χ4n) is 0.456. The molecule has 0 aliphatic carbocycles. The Morgan fingerprint density at radius 1 is 1.55 bits per heavy atom. The summed E-state index contributed by atoms with van der Waals surface area (Å²) in [5.41, 5.74) is 4.68. The lowest BCUT2D eigenvalue weighted by Crippen LogP contribution is -2.33. The molecular formula is C5H10N2O4. The number of hydrogen-bond donors (Lipinski definition) is 4. The van der Waals surface area contributed by atoms with Crippen LogP contribution in [0.15, 0.2) is 0 Å². The molecule has 6 nitrogen and oxygen atoms in total. The van der Waals surface area contributed by atoms with Crippen LogP contribution in [0.5, 0.6) is 0 Å². The molecule has 0 saturated heterocycles. The Kier molecular flexibility index (Phi) is 3.97. The number of carbonyl (C=O) groups is 2. The number of aliphatic hydroxyl groups excluding tert-OH is 1. The van der Waals surface area contributed by atoms with Crippen LogP contribution in [0.3, 0.4) is 0 Å². The largest absolute Gasteiger partial charge is 0.479 e. The molecular weight excluding hydrogens is 152 g/mol. The van der Waals surface area contributed by atoms with Crippen molar-refractivity contribution in [2.24, 2.45) is 5.73 Å². The summed E-state index contributed by atoms with van der Waals surface area (Å²) in [6.45, 7) is 0.0583. The maximum atomic E-state index is 10.0. The highest BCUT2D eigenvalue weighted by molar-refractivity contribution is 5.73. The molecule has 0 heterocycles. The van der Waals surface area contributed by atoms with Gasteiger partial charge in [-0.25, -0.2) is 9.59 Å². The quantitative estimate of drug-likeness (QED) is 0.402. The molecule has 0 saturated carbocycles. The van der Waals surface area contributed by atoms with E-state index in [1.807, 2.05) is 0 Å². The Morgan fingerprint density at radius 2 is 2.09 bits per heavy atom. The molecule has 0 spiro atoms. The van der Waals surface area contributed by atoms with Crippen LogP contribution in [0.25, 0.3) is 0 Å². The average Bonchev–Trinajstić information content (AvgIpc) is 1.86. The van der Waals surface area contributed by atoms with Gasteiger partial charge >= 0.3 is 12.0 Å². The lowest BCUT2D eigenvalue weighted by Gasteiger charge is -2.04. The third-order valence-corrected chi connectivity index (χ3v) is 1.00. The number of carboxylic acids is 1. The van der Waals surface area contributed by atoms with E-state index in [0.29, 0.717) is 0 Å². The summed E-state index contributed by atoms with van der Waals surface area (Å²) in [4.78, 5) is 20.0. The van der Waals surface area contributed by atoms with Crippen molar-refractivity contribution < 1.29 is 19.8 Å². The van der Waals surface area contributed by atoms with Gasteiger partial charge in [0.25, 0.3) is 0 Å². The molecule has 0 aromatic carbocycles. The molecule has 6 heteroatoms. The smallest absolute Gasteiger partial charge is 0.332 e. The number of nitrogens with one attached hydrogen (secondary N) is 1. The summed E-state index contributed by atoms with van der Waals surface area (Å²) in [5.74, 6) is -1.31. The number of hydrogen-bond acceptors (Lipinski definition) is 3. The number of aliphatic carboxylic acids is 1. The van der Waals surface area contributed by atoms with Gasteiger partial charge in [-0.15, -0.1) is 0 Å². The molecule has 11 heavy (non-hydrogen) atoms. The first-order chi connectivity index (χ1) is 5.04. The van der Waals surface area contributed by atoms with Crippen LogP contribution in [0, 0.1) is 0 Å². The van der Waals surface area contributed by atoms with E-state index in [-0.39, 0.29) is 13.0 Å². The van der Waals surface area contributed by atoms with Gasteiger partial charge in [0.2, 0.25) is 0 Å². The van der Waals surface area contributed by atoms with Gasteiger partial charge in [0.1, 0.15) is 0 Å². The van der Waals surface area contributed by atoms with Crippen molar-refractivity contribution in [2.75, 3.05) is 6.54 Å². The van der Waals surface area contributed by atoms with E-state index < -0.39 is 18.1 Å². The van der Waals surface area contributed by atoms with Gasteiger partial charge in [-0.3, -0.25) is 0 Å². The molecule has 0 aromatic heterocycles. The van der Waals surface area contributed by atoms with Crippen LogP contribution in [-0.2, 0) is 4.79 Å². The SMILES string of the molecule is NC(=O)NCC[C@H](O)C(=O)O. The van der Waals surface area contributed by atoms with Crippen LogP contribution >= 0.6 is 0 Å². The molecule has 5 N–H and O–H groups in total. The molecule has 2 amide bonds. The minimum absolute atomic E-state index is 0.0434. The predicted octanol–water partition coefficient (Wildman–Crippen LogP) is -1.51. The van der Waals surface area contributed by atoms with Crippen molar-refractivity contribution in [1.29, 1.82) is 0 Å². The highest BCUT2D eigenvalue weighted by Crippen LogP contribution is 1.88. The van der Waals surface area contributed by atoms with Crippen molar-refractivity contribution in [2.45, 2.75) is 12.5 Å². The van der Waals surface area contributed by atoms with Gasteiger partial charge in [-0.05, 0) is 0 Å². The van der Waals surface area contributed by atoms with E-state index in [9.17, 15) is 9.59 Å². The first kappa shape index (κ1) is 9.70. The zero-order valence-corrected chi connectivity index (χ0v) is 5.78. The Morgan fingerprint density at radius 3 is 2.45 bits per heavy atom. The fraction of sp³-hybridized carbons (Fsp3) is 0.600. The molecule has 0 aliphatic heterocycles. The Labute approximate surface area is 63.0 Å². The lowest BCUT2D eigenvalue weighted by atomic mass is 10.2. The van der Waals surface area contributed by atoms with Crippen LogP contribution in [-0.4, -0.2) is 34.9 Å². The maximum Gasteiger partial charge on any atom is 0.332 e. The number of carboxylic acid groups (broad SMARTS) is 1. The van der Waals surface area contributed by atoms with Crippen LogP contribution in [0.1, 0.15) is 6.42 Å². The van der Waals surface area contributed by atoms with E-state index in [2.05, 4.69) is 11.1 Å². The third-order valence-electron chi connectivity index (χ3n) is 1.00. The van der Waals surface area contributed by atoms with E-state index >= 15 is 0 Å². The molecule has 64 valence electrons. The van der Waals surface area contributed by atoms with Crippen LogP contribution in [0.2, 0.25) is 0 Å². The van der Waals surface area contributed by atoms with Gasteiger partial charge in [0, 0.05) is 13.0 Å². The van der Waals surface area contributed by atoms with Gasteiger partial charge in [0.15, 0.2) is 6.10 Å². The lowest BCUT2D eigenvalue weighted by molar-refractivity contribution is -0.146. The molecule has 0 aliphatic rings. The van der Waals surface area contributed by atoms with Crippen LogP contribution < -0.4 is 11.1 Å². The monoisotopic (exact) mass is 162 g/mol. The molecule has 1 atom stereocenters. The van der Waals surface area contributed by atoms with Crippen molar-refractivity contribution in [1.82, 2.24) is 5.32 Å². The summed E-state index contributed by atoms with van der Waals surface area (Å²) in [6, 6.07) is -0.734. The van der Waals surface area contributed by atoms with Crippen LogP contribution in [0.4, 0.5) is 4.79 Å². The highest BCUT2D eigenvalue weighted by atomic mass is 16.4. The Hall–Kier alpha value is -1.30. The molecule has 0 aromatic rings. The topological polar surface area (TPSA) is 113 Å². The fourth-order valence-corrected chi connectivity index (χ4v) is 0.456. The third kappa shape index (κ3) is 5.16. The summed E-state index contributed by atoms with van der Waals surface area (Å²) >= 11 is 0. The number of carbonyl (C=O) groups excluding carboxylic acids is 1. The molecule has 0 fully saturated rings. The van der Waals surface area contributed by atoms with Gasteiger partial charge in [0.05, 0.1) is 0 Å². The summed E-state index contributed by atoms with van der Waals surface area (Å²) in [5, 5.41) is 18.9. The normalized spacial score (nSPS) is 12.1. The van der Waals surface area contributed by atoms with E-state index in [1.165, 1.54) is 0 Å². The minimum Gasteiger partial charge on any atom is -0.479 e. The molecule has 0 bridgehead atoms. The Bertz CT molecular complexity index is 159. The standard InChI is InChI=1S/C5H10N2O4/c6-5(11)7-2-1-3(8)4(9)10/h3,8H,1-2H2,(H,9,10)(H3,6,7,11)/t3-/m0/s1. The minimum atomic E-state index is -1.44. The van der Waals surface area contributed by atoms with E-state index in [1.54, 1.807) is 0 Å². The number of primary amides is 1. The number of nitrogens with two attached hydrogens (primary N) is 1. The van der Waals surface area contributed by atoms with Gasteiger partial charge in [-0.2, -0.15) is 0 Å². The predicted molar refractivity (Wildman–Crippen MR) is 35.8 cm³/mol. The Balaban J connectivity index is 3.39. The highest BCUT2D eigenvalue weighted by Gasteiger charge is 2.11. The number of rotatable bonds is 4. The zero-order chi connectivity index (χ0) is 8.85. The molecule has 0 rings (SSSR count). The van der Waals surface area contributed by atoms with Crippen molar-refractivity contribution in [3.05, 3.63) is 0 Å². The first-order valence-electron chi connectivity index (χ1n) is 2.98. The maximum absolute atomic E-state index is 10.0. The second-order valence-electron chi connectivity index (χ2n) is 1.93. The summed E-state index contributed by atoms with van der Waals surface area (Å²) in [7, 11) is 0. The average molecular weight is 162 g/mol. The van der Waals surface area contributed by atoms with Crippen molar-refractivity contribution >= 4 is 12.0 Å². The molecule has 0 unspecified atom stereocenters. The number of aliphatic hydroxyl groups is 1. The first-order valence-corrected chi connectivity index (χ1v) is 2.98. The second kappa shape index (κ2) is 4.51. The number of amides is 2. The van der Waals surface area contributed by atoms with Gasteiger partial charge in [-0.1, -0.05) is 0 Å². The van der Waals surface area contributed by atoms with E-state index in [4.69, 9.17) is 10.2 Å². The zero-order valence-electron chi connectivity index (χ0n) is 5.78. The number of urea groups is 1. The summed E-state index contributed by atoms with van der Waals surface area (Å²) in [6.07, 6.45) is -1.49. The second-order valence-corrected chi connectivity index (χ2v) is 1.93. The van der Waals surface area contributed by atoms with Gasteiger partial charge < -0.3 is 21.3 Å². The van der Waals surface area contributed by atoms with E-state index in [0.717, 1.165) is 0 Å². The summed E-state index contributed by atoms with van der Waals surface area (Å²) < 4.78 is 0. The molecule has 0 radical (unpaired) electrons. The van der Waals surface area contributed by atoms with Crippen molar-refractivity contribution in [3.63, 3.8) is 0 Å².